The average Bonchev–Trinajstić information content (AvgIpc) is 2.55. The Kier molecular flexibility index (Phi) is 6.41. The Bertz CT molecular complexity index is 597. The Morgan fingerprint density at radius 3 is 2.52 bits per heavy atom. The first-order chi connectivity index (χ1) is 11.1. The molecule has 0 aliphatic carbocycles. The number of carbonyl (C=O) groups excluding carboxylic acids is 1. The molecule has 2 aromatic rings. The van der Waals surface area contributed by atoms with Gasteiger partial charge in [0.25, 0.3) is 5.91 Å². The van der Waals surface area contributed by atoms with Crippen LogP contribution in [0.3, 0.4) is 0 Å². The second-order valence-corrected chi connectivity index (χ2v) is 5.56. The molecular weight excluding hydrogens is 292 g/mol. The molecule has 1 N–H and O–H groups in total. The lowest BCUT2D eigenvalue weighted by molar-refractivity contribution is -0.123. The summed E-state index contributed by atoms with van der Waals surface area (Å²) in [7, 11) is 0. The van der Waals surface area contributed by atoms with Crippen LogP contribution >= 0.6 is 0 Å². The minimum Gasteiger partial charge on any atom is -0.484 e. The summed E-state index contributed by atoms with van der Waals surface area (Å²) >= 11 is 0. The number of aromatic nitrogens is 1. The summed E-state index contributed by atoms with van der Waals surface area (Å²) in [5, 5.41) is 2.83. The minimum atomic E-state index is -0.112. The first-order valence-corrected chi connectivity index (χ1v) is 7.72. The Labute approximate surface area is 136 Å². The van der Waals surface area contributed by atoms with Gasteiger partial charge in [-0.1, -0.05) is 19.9 Å². The van der Waals surface area contributed by atoms with E-state index in [-0.39, 0.29) is 12.5 Å². The van der Waals surface area contributed by atoms with E-state index in [1.165, 1.54) is 0 Å². The van der Waals surface area contributed by atoms with Crippen molar-refractivity contribution >= 4 is 5.91 Å². The highest BCUT2D eigenvalue weighted by Gasteiger charge is 2.04. The van der Waals surface area contributed by atoms with Gasteiger partial charge in [0.15, 0.2) is 6.61 Å². The molecule has 0 bridgehead atoms. The normalized spacial score (nSPS) is 10.4. The Morgan fingerprint density at radius 1 is 1.13 bits per heavy atom. The van der Waals surface area contributed by atoms with E-state index in [4.69, 9.17) is 9.47 Å². The predicted molar refractivity (Wildman–Crippen MR) is 88.7 cm³/mol. The highest BCUT2D eigenvalue weighted by molar-refractivity contribution is 5.77. The van der Waals surface area contributed by atoms with Crippen LogP contribution in [0.5, 0.6) is 17.4 Å². The Morgan fingerprint density at radius 2 is 1.87 bits per heavy atom. The van der Waals surface area contributed by atoms with E-state index in [0.717, 1.165) is 6.42 Å². The van der Waals surface area contributed by atoms with Crippen molar-refractivity contribution in [3.8, 4) is 17.4 Å². The number of rotatable bonds is 8. The molecule has 0 aliphatic heterocycles. The third-order valence-corrected chi connectivity index (χ3v) is 3.10. The maximum Gasteiger partial charge on any atom is 0.257 e. The Balaban J connectivity index is 1.75. The smallest absolute Gasteiger partial charge is 0.257 e. The van der Waals surface area contributed by atoms with Crippen LogP contribution in [-0.4, -0.2) is 24.0 Å². The number of hydrogen-bond acceptors (Lipinski definition) is 4. The SMILES string of the molecule is CC(C)CCNC(=O)COc1ccc(Oc2ccccn2)cc1. The summed E-state index contributed by atoms with van der Waals surface area (Å²) in [5.74, 6) is 2.28. The van der Waals surface area contributed by atoms with Gasteiger partial charge in [-0.2, -0.15) is 0 Å². The first-order valence-electron chi connectivity index (χ1n) is 7.72. The van der Waals surface area contributed by atoms with Gasteiger partial charge in [-0.15, -0.1) is 0 Å². The number of pyridine rings is 1. The second-order valence-electron chi connectivity index (χ2n) is 5.56. The molecule has 122 valence electrons. The van der Waals surface area contributed by atoms with Crippen LogP contribution in [0.1, 0.15) is 20.3 Å². The topological polar surface area (TPSA) is 60.5 Å². The van der Waals surface area contributed by atoms with Gasteiger partial charge in [0.1, 0.15) is 11.5 Å². The fourth-order valence-electron chi connectivity index (χ4n) is 1.83. The van der Waals surface area contributed by atoms with Crippen LogP contribution in [0, 0.1) is 5.92 Å². The van der Waals surface area contributed by atoms with E-state index in [0.29, 0.717) is 29.8 Å². The highest BCUT2D eigenvalue weighted by Crippen LogP contribution is 2.22. The van der Waals surface area contributed by atoms with Crippen LogP contribution in [0.4, 0.5) is 0 Å². The lowest BCUT2D eigenvalue weighted by atomic mass is 10.1. The summed E-state index contributed by atoms with van der Waals surface area (Å²) in [4.78, 5) is 15.7. The molecule has 1 amide bonds. The van der Waals surface area contributed by atoms with Crippen LogP contribution < -0.4 is 14.8 Å². The van der Waals surface area contributed by atoms with Crippen molar-refractivity contribution in [3.05, 3.63) is 48.7 Å². The zero-order valence-electron chi connectivity index (χ0n) is 13.5. The van der Waals surface area contributed by atoms with Gasteiger partial charge in [0.05, 0.1) is 0 Å². The maximum atomic E-state index is 11.6. The van der Waals surface area contributed by atoms with Crippen molar-refractivity contribution in [1.82, 2.24) is 10.3 Å². The van der Waals surface area contributed by atoms with Gasteiger partial charge in [-0.25, -0.2) is 4.98 Å². The average molecular weight is 314 g/mol. The van der Waals surface area contributed by atoms with Crippen molar-refractivity contribution in [2.45, 2.75) is 20.3 Å². The number of amides is 1. The van der Waals surface area contributed by atoms with Crippen molar-refractivity contribution in [2.75, 3.05) is 13.2 Å². The predicted octanol–water partition coefficient (Wildman–Crippen LogP) is 3.42. The molecule has 1 heterocycles. The molecule has 0 radical (unpaired) electrons. The van der Waals surface area contributed by atoms with Crippen molar-refractivity contribution in [1.29, 1.82) is 0 Å². The third-order valence-electron chi connectivity index (χ3n) is 3.10. The molecule has 23 heavy (non-hydrogen) atoms. The molecule has 0 saturated carbocycles. The van der Waals surface area contributed by atoms with Gasteiger partial charge < -0.3 is 14.8 Å². The van der Waals surface area contributed by atoms with Crippen molar-refractivity contribution in [2.24, 2.45) is 5.92 Å². The lowest BCUT2D eigenvalue weighted by Gasteiger charge is -2.09. The van der Waals surface area contributed by atoms with Gasteiger partial charge >= 0.3 is 0 Å². The zero-order valence-corrected chi connectivity index (χ0v) is 13.5. The van der Waals surface area contributed by atoms with E-state index in [2.05, 4.69) is 24.1 Å². The molecular formula is C18H22N2O3. The van der Waals surface area contributed by atoms with Gasteiger partial charge in [0.2, 0.25) is 5.88 Å². The van der Waals surface area contributed by atoms with Crippen LogP contribution in [-0.2, 0) is 4.79 Å². The monoisotopic (exact) mass is 314 g/mol. The molecule has 5 nitrogen and oxygen atoms in total. The number of hydrogen-bond donors (Lipinski definition) is 1. The quantitative estimate of drug-likeness (QED) is 0.811. The highest BCUT2D eigenvalue weighted by atomic mass is 16.5. The van der Waals surface area contributed by atoms with Crippen molar-refractivity contribution in [3.63, 3.8) is 0 Å². The fourth-order valence-corrected chi connectivity index (χ4v) is 1.83. The molecule has 1 aromatic heterocycles. The third kappa shape index (κ3) is 6.38. The number of benzene rings is 1. The van der Waals surface area contributed by atoms with Gasteiger partial charge in [-0.05, 0) is 42.7 Å². The number of nitrogens with one attached hydrogen (secondary N) is 1. The lowest BCUT2D eigenvalue weighted by Crippen LogP contribution is -2.30. The fraction of sp³-hybridized carbons (Fsp3) is 0.333. The number of nitrogens with zero attached hydrogens (tertiary/aromatic N) is 1. The summed E-state index contributed by atoms with van der Waals surface area (Å²) in [6, 6.07) is 12.6. The van der Waals surface area contributed by atoms with Crippen LogP contribution in [0.2, 0.25) is 0 Å². The molecule has 0 spiro atoms. The first kappa shape index (κ1) is 16.8. The molecule has 0 fully saturated rings. The van der Waals surface area contributed by atoms with Crippen LogP contribution in [0.25, 0.3) is 0 Å². The largest absolute Gasteiger partial charge is 0.484 e. The van der Waals surface area contributed by atoms with Gasteiger partial charge in [-0.3, -0.25) is 4.79 Å². The second kappa shape index (κ2) is 8.78. The molecule has 5 heteroatoms. The summed E-state index contributed by atoms with van der Waals surface area (Å²) in [6.45, 7) is 4.93. The molecule has 0 unspecified atom stereocenters. The maximum absolute atomic E-state index is 11.6. The number of carbonyl (C=O) groups is 1. The molecule has 0 saturated heterocycles. The minimum absolute atomic E-state index is 0.0124. The molecule has 0 aliphatic rings. The molecule has 2 rings (SSSR count). The van der Waals surface area contributed by atoms with Crippen molar-refractivity contribution < 1.29 is 14.3 Å². The van der Waals surface area contributed by atoms with E-state index in [9.17, 15) is 4.79 Å². The van der Waals surface area contributed by atoms with E-state index in [1.807, 2.05) is 12.1 Å². The van der Waals surface area contributed by atoms with E-state index >= 15 is 0 Å². The van der Waals surface area contributed by atoms with Gasteiger partial charge in [0, 0.05) is 18.8 Å². The van der Waals surface area contributed by atoms with E-state index < -0.39 is 0 Å². The molecule has 1 aromatic carbocycles. The number of ether oxygens (including phenoxy) is 2. The van der Waals surface area contributed by atoms with Crippen LogP contribution in [0.15, 0.2) is 48.7 Å². The standard InChI is InChI=1S/C18H22N2O3/c1-14(2)10-12-19-17(21)13-22-15-6-8-16(9-7-15)23-18-5-3-4-11-20-18/h3-9,11,14H,10,12-13H2,1-2H3,(H,19,21). The summed E-state index contributed by atoms with van der Waals surface area (Å²) in [6.07, 6.45) is 2.63. The van der Waals surface area contributed by atoms with E-state index in [1.54, 1.807) is 36.5 Å². The Hall–Kier alpha value is -2.56. The summed E-state index contributed by atoms with van der Waals surface area (Å²) < 4.78 is 11.0. The molecule has 0 atom stereocenters. The zero-order chi connectivity index (χ0) is 16.5. The summed E-state index contributed by atoms with van der Waals surface area (Å²) in [5.41, 5.74) is 0.